The van der Waals surface area contributed by atoms with Gasteiger partial charge in [-0.25, -0.2) is 0 Å². The number of rotatable bonds is 5. The number of carbonyl (C=O) groups is 1. The molecule has 1 aliphatic rings. The van der Waals surface area contributed by atoms with E-state index in [0.717, 1.165) is 54.3 Å². The smallest absolute Gasteiger partial charge is 0.157 e. The number of Topliss-reactive ketones (excluding diaryl/α,β-unsaturated/α-hetero) is 1. The van der Waals surface area contributed by atoms with Crippen LogP contribution in [0.4, 0.5) is 5.69 Å². The first kappa shape index (κ1) is 15.9. The van der Waals surface area contributed by atoms with Crippen LogP contribution in [-0.4, -0.2) is 10.8 Å². The Hall–Kier alpha value is -1.94. The van der Waals surface area contributed by atoms with Crippen molar-refractivity contribution >= 4 is 22.4 Å². The van der Waals surface area contributed by atoms with Gasteiger partial charge < -0.3 is 11.5 Å². The average molecular weight is 311 g/mol. The lowest BCUT2D eigenvalue weighted by Crippen LogP contribution is -2.48. The number of nitrogens with two attached hydrogens (primary N) is 2. The molecule has 1 unspecified atom stereocenters. The summed E-state index contributed by atoms with van der Waals surface area (Å²) in [7, 11) is 0. The number of aromatic nitrogens is 1. The zero-order valence-electron chi connectivity index (χ0n) is 13.8. The highest BCUT2D eigenvalue weighted by Crippen LogP contribution is 2.40. The second-order valence-electron chi connectivity index (χ2n) is 6.57. The van der Waals surface area contributed by atoms with Crippen molar-refractivity contribution in [2.75, 3.05) is 5.73 Å². The highest BCUT2D eigenvalue weighted by atomic mass is 16.1. The van der Waals surface area contributed by atoms with Crippen LogP contribution in [0.25, 0.3) is 10.9 Å². The van der Waals surface area contributed by atoms with E-state index in [1.807, 2.05) is 24.3 Å². The number of carbonyl (C=O) groups excluding carboxylic acids is 1. The van der Waals surface area contributed by atoms with Crippen LogP contribution in [0.5, 0.6) is 0 Å². The van der Waals surface area contributed by atoms with Crippen molar-refractivity contribution < 1.29 is 4.79 Å². The van der Waals surface area contributed by atoms with E-state index in [0.29, 0.717) is 18.5 Å². The van der Waals surface area contributed by atoms with Crippen LogP contribution >= 0.6 is 0 Å². The molecule has 0 amide bonds. The SMILES string of the molecule is CCCCCC(=O)C1(N)CCCc2nc3ccccc3c(N)c21. The maximum Gasteiger partial charge on any atom is 0.157 e. The summed E-state index contributed by atoms with van der Waals surface area (Å²) in [5, 5.41) is 0.893. The van der Waals surface area contributed by atoms with Gasteiger partial charge in [-0.2, -0.15) is 0 Å². The van der Waals surface area contributed by atoms with Gasteiger partial charge in [-0.1, -0.05) is 38.0 Å². The Kier molecular flexibility index (Phi) is 4.35. The number of anilines is 1. The number of ketones is 1. The summed E-state index contributed by atoms with van der Waals surface area (Å²) in [4.78, 5) is 17.6. The van der Waals surface area contributed by atoms with Gasteiger partial charge in [0.2, 0.25) is 0 Å². The van der Waals surface area contributed by atoms with Crippen molar-refractivity contribution in [3.8, 4) is 0 Å². The Morgan fingerprint density at radius 1 is 1.30 bits per heavy atom. The van der Waals surface area contributed by atoms with E-state index in [9.17, 15) is 4.79 Å². The molecule has 1 aromatic heterocycles. The number of benzene rings is 1. The van der Waals surface area contributed by atoms with E-state index in [-0.39, 0.29) is 5.78 Å². The van der Waals surface area contributed by atoms with Crippen molar-refractivity contribution in [3.05, 3.63) is 35.5 Å². The van der Waals surface area contributed by atoms with Crippen LogP contribution in [-0.2, 0) is 16.8 Å². The molecule has 23 heavy (non-hydrogen) atoms. The molecule has 4 nitrogen and oxygen atoms in total. The van der Waals surface area contributed by atoms with Gasteiger partial charge in [-0.15, -0.1) is 0 Å². The molecular formula is C19H25N3O. The minimum atomic E-state index is -0.970. The molecule has 122 valence electrons. The Morgan fingerprint density at radius 3 is 2.87 bits per heavy atom. The monoisotopic (exact) mass is 311 g/mol. The van der Waals surface area contributed by atoms with Gasteiger partial charge in [-0.3, -0.25) is 9.78 Å². The summed E-state index contributed by atoms with van der Waals surface area (Å²) in [6, 6.07) is 7.81. The van der Waals surface area contributed by atoms with Crippen LogP contribution in [0.15, 0.2) is 24.3 Å². The number of nitrogen functional groups attached to an aromatic ring is 1. The molecule has 1 aliphatic carbocycles. The first-order valence-corrected chi connectivity index (χ1v) is 8.57. The quantitative estimate of drug-likeness (QED) is 0.828. The number of nitrogens with zero attached hydrogens (tertiary/aromatic N) is 1. The molecule has 0 radical (unpaired) electrons. The molecule has 1 aromatic carbocycles. The summed E-state index contributed by atoms with van der Waals surface area (Å²) in [5.41, 5.74) is 15.3. The van der Waals surface area contributed by atoms with E-state index in [1.165, 1.54) is 0 Å². The Morgan fingerprint density at radius 2 is 2.09 bits per heavy atom. The second-order valence-corrected chi connectivity index (χ2v) is 6.57. The summed E-state index contributed by atoms with van der Waals surface area (Å²) in [5.74, 6) is 0.107. The van der Waals surface area contributed by atoms with Crippen LogP contribution in [0, 0.1) is 0 Å². The first-order chi connectivity index (χ1) is 11.1. The summed E-state index contributed by atoms with van der Waals surface area (Å²) in [6.45, 7) is 2.13. The van der Waals surface area contributed by atoms with Crippen LogP contribution in [0.2, 0.25) is 0 Å². The molecule has 0 saturated heterocycles. The Bertz CT molecular complexity index is 741. The van der Waals surface area contributed by atoms with Gasteiger partial charge in [0.25, 0.3) is 0 Å². The molecule has 0 aliphatic heterocycles. The maximum absolute atomic E-state index is 12.8. The Labute approximate surface area is 137 Å². The van der Waals surface area contributed by atoms with Gasteiger partial charge in [0.05, 0.1) is 5.52 Å². The third kappa shape index (κ3) is 2.72. The first-order valence-electron chi connectivity index (χ1n) is 8.57. The van der Waals surface area contributed by atoms with E-state index in [4.69, 9.17) is 16.5 Å². The van der Waals surface area contributed by atoms with Crippen molar-refractivity contribution in [1.29, 1.82) is 0 Å². The lowest BCUT2D eigenvalue weighted by Gasteiger charge is -2.35. The third-order valence-electron chi connectivity index (χ3n) is 4.94. The van der Waals surface area contributed by atoms with Crippen molar-refractivity contribution in [3.63, 3.8) is 0 Å². The van der Waals surface area contributed by atoms with E-state index < -0.39 is 5.54 Å². The Balaban J connectivity index is 2.07. The minimum absolute atomic E-state index is 0.107. The molecule has 0 bridgehead atoms. The topological polar surface area (TPSA) is 82.0 Å². The lowest BCUT2D eigenvalue weighted by atomic mass is 9.74. The zero-order chi connectivity index (χ0) is 16.4. The van der Waals surface area contributed by atoms with Crippen LogP contribution < -0.4 is 11.5 Å². The van der Waals surface area contributed by atoms with E-state index in [2.05, 4.69) is 6.92 Å². The van der Waals surface area contributed by atoms with E-state index >= 15 is 0 Å². The van der Waals surface area contributed by atoms with E-state index in [1.54, 1.807) is 0 Å². The van der Waals surface area contributed by atoms with Gasteiger partial charge in [-0.05, 0) is 31.7 Å². The number of unbranched alkanes of at least 4 members (excludes halogenated alkanes) is 2. The fourth-order valence-corrected chi connectivity index (χ4v) is 3.67. The standard InChI is InChI=1S/C19H25N3O/c1-2-3-4-11-16(23)19(21)12-7-10-15-17(19)18(20)13-8-5-6-9-14(13)22-15/h5-6,8-9H,2-4,7,10-12,21H2,1H3,(H2,20,22). The third-order valence-corrected chi connectivity index (χ3v) is 4.94. The molecule has 0 fully saturated rings. The van der Waals surface area contributed by atoms with Crippen molar-refractivity contribution in [2.24, 2.45) is 5.73 Å². The lowest BCUT2D eigenvalue weighted by molar-refractivity contribution is -0.125. The molecule has 0 saturated carbocycles. The second kappa shape index (κ2) is 6.28. The highest BCUT2D eigenvalue weighted by molar-refractivity contribution is 5.98. The molecule has 0 spiro atoms. The fraction of sp³-hybridized carbons (Fsp3) is 0.474. The normalized spacial score (nSPS) is 20.4. The summed E-state index contributed by atoms with van der Waals surface area (Å²) in [6.07, 6.45) is 5.95. The molecule has 4 N–H and O–H groups in total. The highest BCUT2D eigenvalue weighted by Gasteiger charge is 2.41. The predicted octanol–water partition coefficient (Wildman–Crippen LogP) is 3.46. The number of pyridine rings is 1. The van der Waals surface area contributed by atoms with Crippen LogP contribution in [0.3, 0.4) is 0 Å². The minimum Gasteiger partial charge on any atom is -0.398 e. The number of hydrogen-bond acceptors (Lipinski definition) is 4. The molecule has 3 rings (SSSR count). The molecular weight excluding hydrogens is 286 g/mol. The maximum atomic E-state index is 12.8. The molecule has 1 heterocycles. The number of aryl methyl sites for hydroxylation is 1. The number of fused-ring (bicyclic) bond motifs is 2. The summed E-state index contributed by atoms with van der Waals surface area (Å²) >= 11 is 0. The average Bonchev–Trinajstić information content (AvgIpc) is 2.55. The van der Waals surface area contributed by atoms with Crippen LogP contribution in [0.1, 0.15) is 56.7 Å². The largest absolute Gasteiger partial charge is 0.398 e. The number of hydrogen-bond donors (Lipinski definition) is 2. The number of para-hydroxylation sites is 1. The van der Waals surface area contributed by atoms with Gasteiger partial charge >= 0.3 is 0 Å². The van der Waals surface area contributed by atoms with Crippen molar-refractivity contribution in [2.45, 2.75) is 57.4 Å². The molecule has 2 aromatic rings. The molecule has 1 atom stereocenters. The molecule has 4 heteroatoms. The summed E-state index contributed by atoms with van der Waals surface area (Å²) < 4.78 is 0. The zero-order valence-corrected chi connectivity index (χ0v) is 13.8. The van der Waals surface area contributed by atoms with Gasteiger partial charge in [0, 0.05) is 28.8 Å². The van der Waals surface area contributed by atoms with Gasteiger partial charge in [0.1, 0.15) is 5.54 Å². The fourth-order valence-electron chi connectivity index (χ4n) is 3.67. The van der Waals surface area contributed by atoms with Crippen molar-refractivity contribution in [1.82, 2.24) is 4.98 Å². The van der Waals surface area contributed by atoms with Gasteiger partial charge in [0.15, 0.2) is 5.78 Å². The predicted molar refractivity (Wildman–Crippen MR) is 94.1 cm³/mol.